The average molecular weight is 310 g/mol. The van der Waals surface area contributed by atoms with Crippen molar-refractivity contribution in [2.75, 3.05) is 6.54 Å². The number of aromatic nitrogens is 3. The van der Waals surface area contributed by atoms with Gasteiger partial charge in [-0.1, -0.05) is 11.2 Å². The van der Waals surface area contributed by atoms with Crippen LogP contribution in [0.5, 0.6) is 0 Å². The van der Waals surface area contributed by atoms with Crippen molar-refractivity contribution in [1.82, 2.24) is 20.0 Å². The lowest BCUT2D eigenvalue weighted by Crippen LogP contribution is -2.38. The largest absolute Gasteiger partial charge is 0.361 e. The van der Waals surface area contributed by atoms with E-state index in [9.17, 15) is 4.79 Å². The number of nitrogens with zero attached hydrogens (tertiary/aromatic N) is 3. The van der Waals surface area contributed by atoms with E-state index in [0.29, 0.717) is 23.8 Å². The number of carbonyl (C=O) groups excluding carboxylic acids is 1. The highest BCUT2D eigenvalue weighted by Gasteiger charge is 2.33. The molecule has 0 bridgehead atoms. The zero-order chi connectivity index (χ0) is 15.8. The molecule has 6 heteroatoms. The van der Waals surface area contributed by atoms with E-state index < -0.39 is 0 Å². The van der Waals surface area contributed by atoms with E-state index in [2.05, 4.69) is 15.1 Å². The Morgan fingerprint density at radius 1 is 1.35 bits per heavy atom. The third-order valence-corrected chi connectivity index (χ3v) is 4.42. The lowest BCUT2D eigenvalue weighted by Gasteiger charge is -2.33. The fraction of sp³-hybridized carbons (Fsp3) is 0.353. The van der Waals surface area contributed by atoms with E-state index in [1.54, 1.807) is 6.92 Å². The number of hydrogen-bond acceptors (Lipinski definition) is 4. The van der Waals surface area contributed by atoms with Crippen LogP contribution in [-0.2, 0) is 0 Å². The molecule has 0 unspecified atom stereocenters. The molecule has 0 radical (unpaired) electrons. The number of rotatable bonds is 2. The van der Waals surface area contributed by atoms with Crippen molar-refractivity contribution in [2.45, 2.75) is 32.2 Å². The Morgan fingerprint density at radius 2 is 2.26 bits per heavy atom. The molecule has 1 aliphatic rings. The van der Waals surface area contributed by atoms with Gasteiger partial charge in [0, 0.05) is 29.2 Å². The molecule has 0 saturated carbocycles. The van der Waals surface area contributed by atoms with Gasteiger partial charge in [0.2, 0.25) is 5.89 Å². The molecule has 1 fully saturated rings. The Balaban J connectivity index is 1.72. The van der Waals surface area contributed by atoms with Gasteiger partial charge in [-0.25, -0.2) is 0 Å². The molecular formula is C17H18N4O2. The van der Waals surface area contributed by atoms with Crippen LogP contribution in [0.15, 0.2) is 35.0 Å². The number of piperidine rings is 1. The highest BCUT2D eigenvalue weighted by Crippen LogP contribution is 2.32. The normalized spacial score (nSPS) is 18.5. The monoisotopic (exact) mass is 310 g/mol. The number of benzene rings is 1. The standard InChI is InChI=1S/C17H18N4O2/c1-11-19-16(23-20-11)15-7-2-3-10-21(15)17(22)13-5-4-6-14-12(13)8-9-18-14/h4-6,8-9,15,18H,2-3,7,10H2,1H3/t15-/m0/s1. The first-order valence-electron chi connectivity index (χ1n) is 7.91. The quantitative estimate of drug-likeness (QED) is 0.788. The first kappa shape index (κ1) is 14.0. The Hall–Kier alpha value is -2.63. The third kappa shape index (κ3) is 2.40. The minimum atomic E-state index is -0.133. The number of carbonyl (C=O) groups is 1. The molecule has 1 atom stereocenters. The summed E-state index contributed by atoms with van der Waals surface area (Å²) in [5, 5.41) is 4.82. The molecule has 1 aliphatic heterocycles. The van der Waals surface area contributed by atoms with Crippen molar-refractivity contribution < 1.29 is 9.32 Å². The maximum absolute atomic E-state index is 13.1. The summed E-state index contributed by atoms with van der Waals surface area (Å²) in [6, 6.07) is 7.57. The molecule has 2 aromatic heterocycles. The van der Waals surface area contributed by atoms with Crippen molar-refractivity contribution in [3.05, 3.63) is 47.7 Å². The van der Waals surface area contributed by atoms with Crippen molar-refractivity contribution >= 4 is 16.8 Å². The van der Waals surface area contributed by atoms with Crippen LogP contribution in [0.3, 0.4) is 0 Å². The average Bonchev–Trinajstić information content (AvgIpc) is 3.22. The molecule has 1 N–H and O–H groups in total. The molecule has 3 heterocycles. The van der Waals surface area contributed by atoms with Crippen LogP contribution in [0.25, 0.3) is 10.9 Å². The first-order chi connectivity index (χ1) is 11.2. The lowest BCUT2D eigenvalue weighted by atomic mass is 9.99. The van der Waals surface area contributed by atoms with Crippen LogP contribution in [0.1, 0.15) is 47.4 Å². The van der Waals surface area contributed by atoms with Gasteiger partial charge in [0.05, 0.1) is 0 Å². The number of fused-ring (bicyclic) bond motifs is 1. The van der Waals surface area contributed by atoms with Crippen molar-refractivity contribution in [3.8, 4) is 0 Å². The smallest absolute Gasteiger partial charge is 0.255 e. The summed E-state index contributed by atoms with van der Waals surface area (Å²) in [6.07, 6.45) is 4.77. The molecule has 6 nitrogen and oxygen atoms in total. The first-order valence-corrected chi connectivity index (χ1v) is 7.91. The van der Waals surface area contributed by atoms with E-state index >= 15 is 0 Å². The summed E-state index contributed by atoms with van der Waals surface area (Å²) in [5.74, 6) is 1.17. The summed E-state index contributed by atoms with van der Waals surface area (Å²) in [4.78, 5) is 22.5. The number of aromatic amines is 1. The second-order valence-electron chi connectivity index (χ2n) is 5.93. The second-order valence-corrected chi connectivity index (χ2v) is 5.93. The molecule has 1 amide bonds. The Morgan fingerprint density at radius 3 is 3.09 bits per heavy atom. The maximum Gasteiger partial charge on any atom is 0.255 e. The number of likely N-dealkylation sites (tertiary alicyclic amines) is 1. The molecule has 0 spiro atoms. The molecule has 118 valence electrons. The van der Waals surface area contributed by atoms with Crippen LogP contribution in [0.2, 0.25) is 0 Å². The fourth-order valence-corrected chi connectivity index (χ4v) is 3.31. The minimum Gasteiger partial charge on any atom is -0.361 e. The van der Waals surface area contributed by atoms with E-state index in [1.807, 2.05) is 35.4 Å². The van der Waals surface area contributed by atoms with Gasteiger partial charge in [-0.15, -0.1) is 0 Å². The summed E-state index contributed by atoms with van der Waals surface area (Å²) in [5.41, 5.74) is 1.69. The molecule has 0 aliphatic carbocycles. The zero-order valence-corrected chi connectivity index (χ0v) is 13.0. The molecule has 1 saturated heterocycles. The van der Waals surface area contributed by atoms with E-state index in [4.69, 9.17) is 4.52 Å². The molecule has 4 rings (SSSR count). The zero-order valence-electron chi connectivity index (χ0n) is 13.0. The van der Waals surface area contributed by atoms with Crippen LogP contribution < -0.4 is 0 Å². The highest BCUT2D eigenvalue weighted by atomic mass is 16.5. The van der Waals surface area contributed by atoms with Crippen LogP contribution in [0.4, 0.5) is 0 Å². The van der Waals surface area contributed by atoms with Crippen molar-refractivity contribution in [3.63, 3.8) is 0 Å². The number of aryl methyl sites for hydroxylation is 1. The van der Waals surface area contributed by atoms with Crippen LogP contribution in [-0.4, -0.2) is 32.5 Å². The second kappa shape index (κ2) is 5.53. The van der Waals surface area contributed by atoms with Gasteiger partial charge in [-0.3, -0.25) is 4.79 Å². The van der Waals surface area contributed by atoms with Gasteiger partial charge >= 0.3 is 0 Å². The van der Waals surface area contributed by atoms with E-state index in [1.165, 1.54) is 0 Å². The van der Waals surface area contributed by atoms with Gasteiger partial charge in [0.25, 0.3) is 5.91 Å². The maximum atomic E-state index is 13.1. The lowest BCUT2D eigenvalue weighted by molar-refractivity contribution is 0.0563. The number of hydrogen-bond donors (Lipinski definition) is 1. The van der Waals surface area contributed by atoms with E-state index in [-0.39, 0.29) is 11.9 Å². The van der Waals surface area contributed by atoms with Gasteiger partial charge in [0.1, 0.15) is 6.04 Å². The van der Waals surface area contributed by atoms with Gasteiger partial charge in [0.15, 0.2) is 5.82 Å². The van der Waals surface area contributed by atoms with Crippen LogP contribution >= 0.6 is 0 Å². The number of H-pyrrole nitrogens is 1. The summed E-state index contributed by atoms with van der Waals surface area (Å²) in [6.45, 7) is 2.51. The SMILES string of the molecule is Cc1noc([C@@H]2CCCCN2C(=O)c2cccc3[nH]ccc23)n1. The summed E-state index contributed by atoms with van der Waals surface area (Å²) < 4.78 is 5.33. The predicted octanol–water partition coefficient (Wildman–Crippen LogP) is 3.23. The van der Waals surface area contributed by atoms with Gasteiger partial charge in [-0.2, -0.15) is 4.98 Å². The third-order valence-electron chi connectivity index (χ3n) is 4.42. The molecule has 3 aromatic rings. The number of amides is 1. The number of nitrogens with one attached hydrogen (secondary N) is 1. The molecule has 23 heavy (non-hydrogen) atoms. The molecular weight excluding hydrogens is 292 g/mol. The Kier molecular flexibility index (Phi) is 3.37. The van der Waals surface area contributed by atoms with Crippen molar-refractivity contribution in [1.29, 1.82) is 0 Å². The highest BCUT2D eigenvalue weighted by molar-refractivity contribution is 6.06. The summed E-state index contributed by atoms with van der Waals surface area (Å²) >= 11 is 0. The van der Waals surface area contributed by atoms with Crippen molar-refractivity contribution in [2.24, 2.45) is 0 Å². The Labute approximate surface area is 133 Å². The minimum absolute atomic E-state index is 0.0238. The van der Waals surface area contributed by atoms with E-state index in [0.717, 1.165) is 30.2 Å². The van der Waals surface area contributed by atoms with Crippen LogP contribution in [0, 0.1) is 6.92 Å². The topological polar surface area (TPSA) is 75.0 Å². The Bertz CT molecular complexity index is 851. The molecule has 1 aromatic carbocycles. The predicted molar refractivity (Wildman–Crippen MR) is 85.0 cm³/mol. The van der Waals surface area contributed by atoms with Gasteiger partial charge in [-0.05, 0) is 44.4 Å². The van der Waals surface area contributed by atoms with Gasteiger partial charge < -0.3 is 14.4 Å². The fourth-order valence-electron chi connectivity index (χ4n) is 3.31. The summed E-state index contributed by atoms with van der Waals surface area (Å²) in [7, 11) is 0.